The number of aromatic hydroxyl groups is 2. The first kappa shape index (κ1) is 13.9. The molecule has 0 aromatic heterocycles. The molecule has 2 aromatic rings. The minimum Gasteiger partial charge on any atom is -0.508 e. The van der Waals surface area contributed by atoms with E-state index >= 15 is 0 Å². The zero-order valence-corrected chi connectivity index (χ0v) is 10.9. The molecule has 2 N–H and O–H groups in total. The third-order valence-electron chi connectivity index (χ3n) is 2.89. The summed E-state index contributed by atoms with van der Waals surface area (Å²) in [4.78, 5) is 13.8. The normalized spacial score (nSPS) is 10.3. The fourth-order valence-corrected chi connectivity index (χ4v) is 1.94. The molecule has 0 spiro atoms. The molecule has 104 valence electrons. The van der Waals surface area contributed by atoms with Crippen molar-refractivity contribution in [3.63, 3.8) is 0 Å². The average molecular weight is 275 g/mol. The minimum atomic E-state index is -0.612. The lowest BCUT2D eigenvalue weighted by Gasteiger charge is -2.21. The van der Waals surface area contributed by atoms with E-state index in [4.69, 9.17) is 0 Å². The predicted octanol–water partition coefficient (Wildman–Crippen LogP) is 2.90. The largest absolute Gasteiger partial charge is 0.508 e. The van der Waals surface area contributed by atoms with Crippen LogP contribution in [0.15, 0.2) is 42.5 Å². The number of halogens is 1. The second-order valence-electron chi connectivity index (χ2n) is 4.23. The molecule has 0 fully saturated rings. The quantitative estimate of drug-likeness (QED) is 0.905. The number of carbonyl (C=O) groups excluding carboxylic acids is 1. The minimum absolute atomic E-state index is 0.0107. The number of carbonyl (C=O) groups is 1. The Balaban J connectivity index is 2.39. The van der Waals surface area contributed by atoms with Crippen LogP contribution in [0.5, 0.6) is 11.5 Å². The zero-order chi connectivity index (χ0) is 14.7. The second-order valence-corrected chi connectivity index (χ2v) is 4.23. The van der Waals surface area contributed by atoms with E-state index in [1.165, 1.54) is 23.1 Å². The highest BCUT2D eigenvalue weighted by molar-refractivity contribution is 6.07. The van der Waals surface area contributed by atoms with Crippen LogP contribution >= 0.6 is 0 Å². The van der Waals surface area contributed by atoms with Gasteiger partial charge in [-0.05, 0) is 31.2 Å². The van der Waals surface area contributed by atoms with Crippen LogP contribution in [0.25, 0.3) is 0 Å². The monoisotopic (exact) mass is 275 g/mol. The van der Waals surface area contributed by atoms with Crippen molar-refractivity contribution in [2.45, 2.75) is 6.92 Å². The van der Waals surface area contributed by atoms with Crippen LogP contribution < -0.4 is 4.90 Å². The average Bonchev–Trinajstić information content (AvgIpc) is 2.39. The van der Waals surface area contributed by atoms with E-state index in [2.05, 4.69) is 0 Å². The Bertz CT molecular complexity index is 643. The van der Waals surface area contributed by atoms with E-state index < -0.39 is 17.5 Å². The standard InChI is InChI=1S/C15H14FNO3/c1-2-17(11-4-3-5-12(18)9-11)15(20)13-7-6-10(16)8-14(13)19/h3-9,18-19H,2H2,1H3. The number of hydrogen-bond donors (Lipinski definition) is 2. The van der Waals surface area contributed by atoms with Crippen LogP contribution in [0.4, 0.5) is 10.1 Å². The van der Waals surface area contributed by atoms with E-state index in [1.54, 1.807) is 19.1 Å². The van der Waals surface area contributed by atoms with E-state index in [9.17, 15) is 19.4 Å². The van der Waals surface area contributed by atoms with Crippen molar-refractivity contribution in [2.24, 2.45) is 0 Å². The van der Waals surface area contributed by atoms with Gasteiger partial charge >= 0.3 is 0 Å². The lowest BCUT2D eigenvalue weighted by molar-refractivity contribution is 0.0985. The maximum Gasteiger partial charge on any atom is 0.262 e. The number of rotatable bonds is 3. The number of phenols is 2. The first-order valence-electron chi connectivity index (χ1n) is 6.12. The van der Waals surface area contributed by atoms with Crippen molar-refractivity contribution in [3.05, 3.63) is 53.8 Å². The van der Waals surface area contributed by atoms with Gasteiger partial charge < -0.3 is 15.1 Å². The molecule has 2 aromatic carbocycles. The van der Waals surface area contributed by atoms with Crippen molar-refractivity contribution in [1.29, 1.82) is 0 Å². The molecule has 5 heteroatoms. The van der Waals surface area contributed by atoms with Gasteiger partial charge in [0.1, 0.15) is 17.3 Å². The number of phenolic OH excluding ortho intramolecular Hbond substituents is 2. The summed E-state index contributed by atoms with van der Waals surface area (Å²) in [6, 6.07) is 9.47. The molecule has 0 aliphatic rings. The fraction of sp³-hybridized carbons (Fsp3) is 0.133. The first-order chi connectivity index (χ1) is 9.52. The van der Waals surface area contributed by atoms with E-state index in [0.29, 0.717) is 12.2 Å². The molecule has 0 unspecified atom stereocenters. The molecule has 0 heterocycles. The van der Waals surface area contributed by atoms with Gasteiger partial charge in [-0.15, -0.1) is 0 Å². The molecule has 0 aliphatic heterocycles. The number of anilines is 1. The summed E-state index contributed by atoms with van der Waals surface area (Å²) in [6.07, 6.45) is 0. The van der Waals surface area contributed by atoms with Gasteiger partial charge in [-0.1, -0.05) is 6.07 Å². The molecule has 0 aliphatic carbocycles. The summed E-state index contributed by atoms with van der Waals surface area (Å²) >= 11 is 0. The summed E-state index contributed by atoms with van der Waals surface area (Å²) in [5.74, 6) is -1.44. The molecule has 0 radical (unpaired) electrons. The van der Waals surface area contributed by atoms with E-state index in [0.717, 1.165) is 12.1 Å². The number of amides is 1. The Morgan fingerprint density at radius 1 is 1.20 bits per heavy atom. The molecule has 4 nitrogen and oxygen atoms in total. The van der Waals surface area contributed by atoms with Crippen LogP contribution in [0.2, 0.25) is 0 Å². The molecule has 0 bridgehead atoms. The summed E-state index contributed by atoms with van der Waals surface area (Å²) in [5.41, 5.74) is 0.512. The second kappa shape index (κ2) is 5.61. The highest BCUT2D eigenvalue weighted by Gasteiger charge is 2.19. The molecule has 1 amide bonds. The van der Waals surface area contributed by atoms with Crippen molar-refractivity contribution in [1.82, 2.24) is 0 Å². The Hall–Kier alpha value is -2.56. The topological polar surface area (TPSA) is 60.8 Å². The third-order valence-corrected chi connectivity index (χ3v) is 2.89. The van der Waals surface area contributed by atoms with Gasteiger partial charge in [-0.25, -0.2) is 4.39 Å². The van der Waals surface area contributed by atoms with Gasteiger partial charge in [-0.3, -0.25) is 4.79 Å². The van der Waals surface area contributed by atoms with Crippen molar-refractivity contribution in [3.8, 4) is 11.5 Å². The summed E-state index contributed by atoms with van der Waals surface area (Å²) in [6.45, 7) is 2.11. The van der Waals surface area contributed by atoms with Gasteiger partial charge in [0.15, 0.2) is 0 Å². The summed E-state index contributed by atoms with van der Waals surface area (Å²) < 4.78 is 13.0. The molecular formula is C15H14FNO3. The van der Waals surface area contributed by atoms with Crippen molar-refractivity contribution < 1.29 is 19.4 Å². The number of benzene rings is 2. The van der Waals surface area contributed by atoms with Crippen LogP contribution in [0.1, 0.15) is 17.3 Å². The number of hydrogen-bond acceptors (Lipinski definition) is 3. The predicted molar refractivity (Wildman–Crippen MR) is 73.5 cm³/mol. The first-order valence-corrected chi connectivity index (χ1v) is 6.12. The Kier molecular flexibility index (Phi) is 3.89. The van der Waals surface area contributed by atoms with Crippen LogP contribution in [0, 0.1) is 5.82 Å². The van der Waals surface area contributed by atoms with Crippen molar-refractivity contribution >= 4 is 11.6 Å². The molecule has 0 saturated heterocycles. The van der Waals surface area contributed by atoms with Gasteiger partial charge in [0.25, 0.3) is 5.91 Å². The van der Waals surface area contributed by atoms with E-state index in [1.807, 2.05) is 0 Å². The summed E-state index contributed by atoms with van der Waals surface area (Å²) in [7, 11) is 0. The molecule has 0 atom stereocenters. The molecular weight excluding hydrogens is 261 g/mol. The maximum absolute atomic E-state index is 13.0. The van der Waals surface area contributed by atoms with Gasteiger partial charge in [0.2, 0.25) is 0 Å². The van der Waals surface area contributed by atoms with Crippen LogP contribution in [-0.2, 0) is 0 Å². The Labute approximate surface area is 115 Å². The van der Waals surface area contributed by atoms with Crippen LogP contribution in [0.3, 0.4) is 0 Å². The summed E-state index contributed by atoms with van der Waals surface area (Å²) in [5, 5.41) is 19.1. The lowest BCUT2D eigenvalue weighted by Crippen LogP contribution is -2.30. The SMILES string of the molecule is CCN(C(=O)c1ccc(F)cc1O)c1cccc(O)c1. The fourth-order valence-electron chi connectivity index (χ4n) is 1.94. The number of nitrogens with zero attached hydrogens (tertiary/aromatic N) is 1. The maximum atomic E-state index is 13.0. The smallest absolute Gasteiger partial charge is 0.262 e. The van der Waals surface area contributed by atoms with E-state index in [-0.39, 0.29) is 11.3 Å². The lowest BCUT2D eigenvalue weighted by atomic mass is 10.1. The zero-order valence-electron chi connectivity index (χ0n) is 10.9. The van der Waals surface area contributed by atoms with Gasteiger partial charge in [0.05, 0.1) is 5.56 Å². The highest BCUT2D eigenvalue weighted by atomic mass is 19.1. The third kappa shape index (κ3) is 2.71. The molecule has 20 heavy (non-hydrogen) atoms. The Morgan fingerprint density at radius 3 is 2.55 bits per heavy atom. The highest BCUT2D eigenvalue weighted by Crippen LogP contribution is 2.25. The van der Waals surface area contributed by atoms with Crippen LogP contribution in [-0.4, -0.2) is 22.7 Å². The van der Waals surface area contributed by atoms with Gasteiger partial charge in [0, 0.05) is 24.4 Å². The van der Waals surface area contributed by atoms with Crippen molar-refractivity contribution in [2.75, 3.05) is 11.4 Å². The molecule has 2 rings (SSSR count). The Morgan fingerprint density at radius 2 is 1.95 bits per heavy atom. The van der Waals surface area contributed by atoms with Gasteiger partial charge in [-0.2, -0.15) is 0 Å². The molecule has 0 saturated carbocycles.